The molecule has 1 heteroatoms. The third-order valence-corrected chi connectivity index (χ3v) is 4.49. The van der Waals surface area contributed by atoms with Crippen LogP contribution in [0.15, 0.2) is 0 Å². The second-order valence-electron chi connectivity index (χ2n) is 5.18. The maximum atomic E-state index is 9.07. The van der Waals surface area contributed by atoms with E-state index in [2.05, 4.69) is 0 Å². The Morgan fingerprint density at radius 2 is 1.82 bits per heavy atom. The molecule has 0 aromatic rings. The van der Waals surface area contributed by atoms with E-state index in [0.29, 0.717) is 12.0 Å². The van der Waals surface area contributed by atoms with Crippen molar-refractivity contribution in [2.45, 2.75) is 38.5 Å². The second kappa shape index (κ2) is 1.66. The standard InChI is InChI=1S/C10H16O/c11-7-9-4-10(5-9,6-9)8-2-1-3-8/h8,11H,1-7H2. The van der Waals surface area contributed by atoms with Gasteiger partial charge in [-0.3, -0.25) is 0 Å². The molecule has 4 aliphatic carbocycles. The molecule has 1 nitrogen and oxygen atoms in total. The lowest BCUT2D eigenvalue weighted by Crippen LogP contribution is -2.67. The molecule has 4 aliphatic rings. The van der Waals surface area contributed by atoms with Crippen LogP contribution in [0.1, 0.15) is 38.5 Å². The van der Waals surface area contributed by atoms with Gasteiger partial charge in [0.25, 0.3) is 0 Å². The maximum Gasteiger partial charge on any atom is 0.0488 e. The van der Waals surface area contributed by atoms with Gasteiger partial charge in [-0.2, -0.15) is 0 Å². The Balaban J connectivity index is 1.68. The van der Waals surface area contributed by atoms with Crippen LogP contribution in [-0.2, 0) is 0 Å². The van der Waals surface area contributed by atoms with E-state index in [4.69, 9.17) is 5.11 Å². The van der Waals surface area contributed by atoms with E-state index in [1.54, 1.807) is 0 Å². The summed E-state index contributed by atoms with van der Waals surface area (Å²) in [4.78, 5) is 0. The van der Waals surface area contributed by atoms with E-state index in [9.17, 15) is 0 Å². The maximum absolute atomic E-state index is 9.07. The smallest absolute Gasteiger partial charge is 0.0488 e. The van der Waals surface area contributed by atoms with Crippen molar-refractivity contribution in [2.24, 2.45) is 16.7 Å². The Morgan fingerprint density at radius 3 is 2.18 bits per heavy atom. The lowest BCUT2D eigenvalue weighted by atomic mass is 9.30. The van der Waals surface area contributed by atoms with Gasteiger partial charge in [0.15, 0.2) is 0 Å². The molecular weight excluding hydrogens is 136 g/mol. The van der Waals surface area contributed by atoms with E-state index in [1.807, 2.05) is 0 Å². The fourth-order valence-corrected chi connectivity index (χ4v) is 3.71. The van der Waals surface area contributed by atoms with Crippen molar-refractivity contribution in [3.8, 4) is 0 Å². The molecule has 4 saturated carbocycles. The van der Waals surface area contributed by atoms with E-state index in [0.717, 1.165) is 11.3 Å². The average Bonchev–Trinajstić information content (AvgIpc) is 1.68. The van der Waals surface area contributed by atoms with Crippen LogP contribution in [0.2, 0.25) is 0 Å². The van der Waals surface area contributed by atoms with E-state index in [-0.39, 0.29) is 0 Å². The summed E-state index contributed by atoms with van der Waals surface area (Å²) in [6.45, 7) is 0.460. The van der Waals surface area contributed by atoms with Gasteiger partial charge in [0.05, 0.1) is 0 Å². The van der Waals surface area contributed by atoms with Crippen molar-refractivity contribution >= 4 is 0 Å². The SMILES string of the molecule is OCC12CC(C3CCC3)(C1)C2. The summed E-state index contributed by atoms with van der Waals surface area (Å²) < 4.78 is 0. The van der Waals surface area contributed by atoms with Crippen LogP contribution < -0.4 is 0 Å². The minimum atomic E-state index is 0.440. The van der Waals surface area contributed by atoms with E-state index >= 15 is 0 Å². The van der Waals surface area contributed by atoms with Gasteiger partial charge in [0, 0.05) is 6.61 Å². The molecule has 11 heavy (non-hydrogen) atoms. The molecule has 4 fully saturated rings. The Labute approximate surface area is 67.8 Å². The van der Waals surface area contributed by atoms with Crippen molar-refractivity contribution < 1.29 is 5.11 Å². The molecule has 0 spiro atoms. The topological polar surface area (TPSA) is 20.2 Å². The zero-order valence-corrected chi connectivity index (χ0v) is 6.97. The molecule has 0 atom stereocenters. The molecule has 0 saturated heterocycles. The van der Waals surface area contributed by atoms with Crippen LogP contribution in [0.25, 0.3) is 0 Å². The summed E-state index contributed by atoms with van der Waals surface area (Å²) in [5.74, 6) is 1.07. The quantitative estimate of drug-likeness (QED) is 0.641. The molecular formula is C10H16O. The van der Waals surface area contributed by atoms with Gasteiger partial charge in [-0.15, -0.1) is 0 Å². The first-order valence-electron chi connectivity index (χ1n) is 4.90. The normalized spacial score (nSPS) is 54.3. The Hall–Kier alpha value is -0.0400. The number of rotatable bonds is 2. The predicted octanol–water partition coefficient (Wildman–Crippen LogP) is 1.95. The van der Waals surface area contributed by atoms with Gasteiger partial charge in [-0.1, -0.05) is 6.42 Å². The first kappa shape index (κ1) is 6.47. The number of hydrogen-bond acceptors (Lipinski definition) is 1. The second-order valence-corrected chi connectivity index (χ2v) is 5.18. The highest BCUT2D eigenvalue weighted by Gasteiger charge is 2.69. The van der Waals surface area contributed by atoms with Crippen LogP contribution in [0, 0.1) is 16.7 Å². The highest BCUT2D eigenvalue weighted by atomic mass is 16.3. The van der Waals surface area contributed by atoms with Crippen molar-refractivity contribution in [1.82, 2.24) is 0 Å². The monoisotopic (exact) mass is 152 g/mol. The molecule has 0 aromatic heterocycles. The van der Waals surface area contributed by atoms with Crippen molar-refractivity contribution in [3.05, 3.63) is 0 Å². The van der Waals surface area contributed by atoms with Crippen molar-refractivity contribution in [3.63, 3.8) is 0 Å². The minimum absolute atomic E-state index is 0.440. The first-order chi connectivity index (χ1) is 5.29. The van der Waals surface area contributed by atoms with Crippen molar-refractivity contribution in [1.29, 1.82) is 0 Å². The van der Waals surface area contributed by atoms with Gasteiger partial charge < -0.3 is 5.11 Å². The van der Waals surface area contributed by atoms with Gasteiger partial charge in [-0.05, 0) is 48.9 Å². The third kappa shape index (κ3) is 0.581. The zero-order chi connectivity index (χ0) is 7.53. The highest BCUT2D eigenvalue weighted by Crippen LogP contribution is 2.78. The molecule has 4 rings (SSSR count). The molecule has 2 bridgehead atoms. The Morgan fingerprint density at radius 1 is 1.18 bits per heavy atom. The van der Waals surface area contributed by atoms with Gasteiger partial charge >= 0.3 is 0 Å². The van der Waals surface area contributed by atoms with Crippen molar-refractivity contribution in [2.75, 3.05) is 6.61 Å². The fourth-order valence-electron chi connectivity index (χ4n) is 3.71. The van der Waals surface area contributed by atoms with Crippen LogP contribution in [-0.4, -0.2) is 11.7 Å². The average molecular weight is 152 g/mol. The molecule has 62 valence electrons. The van der Waals surface area contributed by atoms with Crippen LogP contribution in [0.5, 0.6) is 0 Å². The molecule has 0 amide bonds. The summed E-state index contributed by atoms with van der Waals surface area (Å²) in [6, 6.07) is 0. The van der Waals surface area contributed by atoms with Crippen LogP contribution in [0.3, 0.4) is 0 Å². The van der Waals surface area contributed by atoms with Crippen LogP contribution >= 0.6 is 0 Å². The van der Waals surface area contributed by atoms with E-state index in [1.165, 1.54) is 38.5 Å². The van der Waals surface area contributed by atoms with Gasteiger partial charge in [0.1, 0.15) is 0 Å². The molecule has 0 radical (unpaired) electrons. The molecule has 0 aromatic carbocycles. The molecule has 1 N–H and O–H groups in total. The van der Waals surface area contributed by atoms with Crippen LogP contribution in [0.4, 0.5) is 0 Å². The fraction of sp³-hybridized carbons (Fsp3) is 1.00. The summed E-state index contributed by atoms with van der Waals surface area (Å²) in [5.41, 5.74) is 1.20. The minimum Gasteiger partial charge on any atom is -0.396 e. The summed E-state index contributed by atoms with van der Waals surface area (Å²) in [6.07, 6.45) is 8.53. The highest BCUT2D eigenvalue weighted by molar-refractivity contribution is 5.19. The largest absolute Gasteiger partial charge is 0.396 e. The summed E-state index contributed by atoms with van der Waals surface area (Å²) in [5, 5.41) is 9.07. The first-order valence-corrected chi connectivity index (χ1v) is 4.90. The van der Waals surface area contributed by atoms with Gasteiger partial charge in [-0.25, -0.2) is 0 Å². The summed E-state index contributed by atoms with van der Waals surface area (Å²) in [7, 11) is 0. The lowest BCUT2D eigenvalue weighted by Gasteiger charge is -2.74. The summed E-state index contributed by atoms with van der Waals surface area (Å²) >= 11 is 0. The third-order valence-electron chi connectivity index (χ3n) is 4.49. The molecule has 0 aliphatic heterocycles. The van der Waals surface area contributed by atoms with E-state index < -0.39 is 0 Å². The number of hydrogen-bond donors (Lipinski definition) is 1. The Bertz CT molecular complexity index is 173. The number of aliphatic hydroxyl groups excluding tert-OH is 1. The Kier molecular flexibility index (Phi) is 0.976. The number of aliphatic hydroxyl groups is 1. The molecule has 0 unspecified atom stereocenters. The van der Waals surface area contributed by atoms with Gasteiger partial charge in [0.2, 0.25) is 0 Å². The lowest BCUT2D eigenvalue weighted by molar-refractivity contribution is -0.263. The molecule has 0 heterocycles. The zero-order valence-electron chi connectivity index (χ0n) is 6.97. The predicted molar refractivity (Wildman–Crippen MR) is 43.1 cm³/mol.